The first-order valence-corrected chi connectivity index (χ1v) is 4.46. The molecule has 2 fully saturated rings. The van der Waals surface area contributed by atoms with E-state index in [9.17, 15) is 0 Å². The van der Waals surface area contributed by atoms with Crippen LogP contribution in [0.3, 0.4) is 0 Å². The highest BCUT2D eigenvalue weighted by atomic mass is 35.5. The summed E-state index contributed by atoms with van der Waals surface area (Å²) < 4.78 is 5.69. The van der Waals surface area contributed by atoms with Crippen LogP contribution in [0.15, 0.2) is 0 Å². The van der Waals surface area contributed by atoms with Gasteiger partial charge in [-0.25, -0.2) is 0 Å². The molecule has 0 spiro atoms. The first kappa shape index (κ1) is 13.5. The van der Waals surface area contributed by atoms with Gasteiger partial charge in [-0.2, -0.15) is 0 Å². The summed E-state index contributed by atoms with van der Waals surface area (Å²) in [7, 11) is 0. The number of hydrogen-bond donors (Lipinski definition) is 1. The van der Waals surface area contributed by atoms with E-state index in [2.05, 4.69) is 4.90 Å². The lowest BCUT2D eigenvalue weighted by molar-refractivity contribution is -0.0370. The Morgan fingerprint density at radius 1 is 1.15 bits per heavy atom. The maximum Gasteiger partial charge on any atom is 0.0707 e. The molecule has 2 atom stereocenters. The van der Waals surface area contributed by atoms with Gasteiger partial charge >= 0.3 is 0 Å². The molecule has 0 aromatic carbocycles. The van der Waals surface area contributed by atoms with Gasteiger partial charge in [0.25, 0.3) is 0 Å². The molecule has 2 N–H and O–H groups in total. The topological polar surface area (TPSA) is 38.5 Å². The zero-order valence-corrected chi connectivity index (χ0v) is 9.28. The third kappa shape index (κ3) is 3.26. The molecule has 2 rings (SSSR count). The minimum atomic E-state index is 0. The molecule has 80 valence electrons. The third-order valence-corrected chi connectivity index (χ3v) is 2.56. The number of hydrogen-bond acceptors (Lipinski definition) is 3. The van der Waals surface area contributed by atoms with Gasteiger partial charge in [-0.1, -0.05) is 0 Å². The van der Waals surface area contributed by atoms with E-state index >= 15 is 0 Å². The van der Waals surface area contributed by atoms with Gasteiger partial charge in [-0.15, -0.1) is 24.8 Å². The Morgan fingerprint density at radius 2 is 1.69 bits per heavy atom. The van der Waals surface area contributed by atoms with Crippen molar-refractivity contribution in [3.8, 4) is 0 Å². The molecule has 2 bridgehead atoms. The lowest BCUT2D eigenvalue weighted by Crippen LogP contribution is -2.44. The Balaban J connectivity index is 0.000000720. The van der Waals surface area contributed by atoms with Gasteiger partial charge in [0.2, 0.25) is 0 Å². The molecule has 13 heavy (non-hydrogen) atoms. The number of ether oxygens (including phenoxy) is 1. The van der Waals surface area contributed by atoms with Crippen LogP contribution in [0.2, 0.25) is 0 Å². The lowest BCUT2D eigenvalue weighted by atomic mass is 10.2. The van der Waals surface area contributed by atoms with Crippen LogP contribution in [0.1, 0.15) is 12.8 Å². The standard InChI is InChI=1S/C8H16N2O.2ClH/c9-3-4-10-5-7-1-2-8(6-10)11-7;;/h7-8H,1-6,9H2;2*1H. The molecule has 2 aliphatic rings. The van der Waals surface area contributed by atoms with Crippen LogP contribution in [0, 0.1) is 0 Å². The highest BCUT2D eigenvalue weighted by Crippen LogP contribution is 2.25. The summed E-state index contributed by atoms with van der Waals surface area (Å²) in [6.45, 7) is 4.03. The van der Waals surface area contributed by atoms with Gasteiger partial charge in [0, 0.05) is 26.2 Å². The Bertz CT molecular complexity index is 136. The molecule has 3 nitrogen and oxygen atoms in total. The lowest BCUT2D eigenvalue weighted by Gasteiger charge is -2.31. The first-order chi connectivity index (χ1) is 5.38. The summed E-state index contributed by atoms with van der Waals surface area (Å²) in [5.74, 6) is 0. The number of nitrogens with two attached hydrogens (primary N) is 1. The van der Waals surface area contributed by atoms with Gasteiger partial charge in [0.05, 0.1) is 12.2 Å². The molecule has 0 radical (unpaired) electrons. The minimum absolute atomic E-state index is 0. The highest BCUT2D eigenvalue weighted by Gasteiger charge is 2.32. The first-order valence-electron chi connectivity index (χ1n) is 4.46. The number of rotatable bonds is 2. The summed E-state index contributed by atoms with van der Waals surface area (Å²) in [5, 5.41) is 0. The van der Waals surface area contributed by atoms with Crippen molar-refractivity contribution in [2.45, 2.75) is 25.0 Å². The smallest absolute Gasteiger partial charge is 0.0707 e. The molecule has 0 amide bonds. The van der Waals surface area contributed by atoms with Crippen molar-refractivity contribution < 1.29 is 4.74 Å². The van der Waals surface area contributed by atoms with Crippen molar-refractivity contribution in [3.05, 3.63) is 0 Å². The number of likely N-dealkylation sites (tertiary alicyclic amines) is 1. The summed E-state index contributed by atoms with van der Waals surface area (Å²) in [4.78, 5) is 2.42. The van der Waals surface area contributed by atoms with Crippen LogP contribution < -0.4 is 5.73 Å². The van der Waals surface area contributed by atoms with Crippen molar-refractivity contribution in [1.29, 1.82) is 0 Å². The molecule has 2 saturated heterocycles. The molecule has 2 unspecified atom stereocenters. The largest absolute Gasteiger partial charge is 0.372 e. The normalized spacial score (nSPS) is 32.1. The average Bonchev–Trinajstić information content (AvgIpc) is 2.32. The Hall–Kier alpha value is 0.460. The zero-order valence-electron chi connectivity index (χ0n) is 7.65. The number of fused-ring (bicyclic) bond motifs is 2. The van der Waals surface area contributed by atoms with Crippen molar-refractivity contribution in [2.75, 3.05) is 26.2 Å². The molecular weight excluding hydrogens is 211 g/mol. The molecule has 2 heterocycles. The maximum atomic E-state index is 5.69. The van der Waals surface area contributed by atoms with E-state index in [0.717, 1.165) is 26.2 Å². The second-order valence-electron chi connectivity index (χ2n) is 3.51. The van der Waals surface area contributed by atoms with Crippen molar-refractivity contribution in [1.82, 2.24) is 4.90 Å². The second kappa shape index (κ2) is 6.04. The van der Waals surface area contributed by atoms with Crippen LogP contribution in [-0.2, 0) is 4.74 Å². The number of morpholine rings is 1. The Kier molecular flexibility index (Phi) is 6.25. The van der Waals surface area contributed by atoms with Gasteiger partial charge < -0.3 is 10.5 Å². The molecule has 0 aromatic rings. The minimum Gasteiger partial charge on any atom is -0.372 e. The van der Waals surface area contributed by atoms with E-state index in [0.29, 0.717) is 12.2 Å². The number of halogens is 2. The quantitative estimate of drug-likeness (QED) is 0.755. The SMILES string of the molecule is Cl.Cl.NCCN1CC2CCC(C1)O2. The molecule has 5 heteroatoms. The summed E-state index contributed by atoms with van der Waals surface area (Å²) in [5.41, 5.74) is 5.49. The molecule has 2 aliphatic heterocycles. The highest BCUT2D eigenvalue weighted by molar-refractivity contribution is 5.85. The van der Waals surface area contributed by atoms with E-state index in [4.69, 9.17) is 10.5 Å². The van der Waals surface area contributed by atoms with Crippen LogP contribution in [0.5, 0.6) is 0 Å². The van der Waals surface area contributed by atoms with Crippen molar-refractivity contribution >= 4 is 24.8 Å². The van der Waals surface area contributed by atoms with E-state index in [1.165, 1.54) is 12.8 Å². The van der Waals surface area contributed by atoms with Crippen LogP contribution in [0.4, 0.5) is 0 Å². The molecule has 0 aliphatic carbocycles. The molecule has 0 aromatic heterocycles. The van der Waals surface area contributed by atoms with E-state index in [1.54, 1.807) is 0 Å². The molecule has 0 saturated carbocycles. The monoisotopic (exact) mass is 228 g/mol. The van der Waals surface area contributed by atoms with Gasteiger partial charge in [0.1, 0.15) is 0 Å². The summed E-state index contributed by atoms with van der Waals surface area (Å²) in [6, 6.07) is 0. The fraction of sp³-hybridized carbons (Fsp3) is 1.00. The third-order valence-electron chi connectivity index (χ3n) is 2.56. The van der Waals surface area contributed by atoms with Crippen LogP contribution >= 0.6 is 24.8 Å². The fourth-order valence-electron chi connectivity index (χ4n) is 2.06. The number of nitrogens with zero attached hydrogens (tertiary/aromatic N) is 1. The second-order valence-corrected chi connectivity index (χ2v) is 3.51. The summed E-state index contributed by atoms with van der Waals surface area (Å²) >= 11 is 0. The Morgan fingerprint density at radius 3 is 2.15 bits per heavy atom. The Labute approximate surface area is 91.8 Å². The summed E-state index contributed by atoms with van der Waals surface area (Å²) in [6.07, 6.45) is 3.54. The van der Waals surface area contributed by atoms with Crippen molar-refractivity contribution in [2.24, 2.45) is 5.73 Å². The van der Waals surface area contributed by atoms with E-state index in [-0.39, 0.29) is 24.8 Å². The van der Waals surface area contributed by atoms with Gasteiger partial charge in [0.15, 0.2) is 0 Å². The van der Waals surface area contributed by atoms with Crippen LogP contribution in [-0.4, -0.2) is 43.3 Å². The average molecular weight is 229 g/mol. The van der Waals surface area contributed by atoms with Crippen LogP contribution in [0.25, 0.3) is 0 Å². The predicted molar refractivity (Wildman–Crippen MR) is 57.9 cm³/mol. The fourth-order valence-corrected chi connectivity index (χ4v) is 2.06. The van der Waals surface area contributed by atoms with Gasteiger partial charge in [-0.05, 0) is 12.8 Å². The zero-order chi connectivity index (χ0) is 7.68. The predicted octanol–water partition coefficient (Wildman–Crippen LogP) is 0.652. The van der Waals surface area contributed by atoms with Crippen molar-refractivity contribution in [3.63, 3.8) is 0 Å². The van der Waals surface area contributed by atoms with E-state index in [1.807, 2.05) is 0 Å². The van der Waals surface area contributed by atoms with E-state index < -0.39 is 0 Å². The molecular formula is C8H18Cl2N2O. The maximum absolute atomic E-state index is 5.69. The van der Waals surface area contributed by atoms with Gasteiger partial charge in [-0.3, -0.25) is 4.90 Å².